The average molecular weight is 353 g/mol. The fourth-order valence-corrected chi connectivity index (χ4v) is 2.81. The largest absolute Gasteiger partial charge is 0.348 e. The molecule has 0 aliphatic rings. The molecule has 138 valence electrons. The van der Waals surface area contributed by atoms with Gasteiger partial charge in [-0.05, 0) is 37.5 Å². The molecule has 26 heavy (non-hydrogen) atoms. The number of carbonyl (C=O) groups is 2. The van der Waals surface area contributed by atoms with E-state index in [9.17, 15) is 9.59 Å². The average Bonchev–Trinajstić information content (AvgIpc) is 2.65. The molecule has 0 spiro atoms. The van der Waals surface area contributed by atoms with Crippen molar-refractivity contribution in [2.75, 3.05) is 13.1 Å². The molecule has 1 aromatic heterocycles. The highest BCUT2D eigenvalue weighted by molar-refractivity contribution is 5.98. The number of aromatic nitrogens is 1. The summed E-state index contributed by atoms with van der Waals surface area (Å²) in [4.78, 5) is 31.0. The summed E-state index contributed by atoms with van der Waals surface area (Å²) in [5.41, 5.74) is 2.96. The van der Waals surface area contributed by atoms with Crippen molar-refractivity contribution >= 4 is 11.8 Å². The number of rotatable bonds is 8. The van der Waals surface area contributed by atoms with E-state index >= 15 is 0 Å². The van der Waals surface area contributed by atoms with Crippen LogP contribution in [-0.2, 0) is 6.54 Å². The highest BCUT2D eigenvalue weighted by Gasteiger charge is 2.17. The van der Waals surface area contributed by atoms with E-state index < -0.39 is 0 Å². The number of aryl methyl sites for hydroxylation is 1. The second-order valence-corrected chi connectivity index (χ2v) is 6.39. The zero-order valence-electron chi connectivity index (χ0n) is 15.8. The molecular weight excluding hydrogens is 326 g/mol. The van der Waals surface area contributed by atoms with Gasteiger partial charge >= 0.3 is 0 Å². The predicted octanol–water partition coefficient (Wildman–Crippen LogP) is 3.58. The Balaban J connectivity index is 2.07. The van der Waals surface area contributed by atoms with Gasteiger partial charge in [0.25, 0.3) is 11.8 Å². The van der Waals surface area contributed by atoms with Crippen LogP contribution in [-0.4, -0.2) is 34.8 Å². The maximum Gasteiger partial charge on any atom is 0.272 e. The molecule has 0 fully saturated rings. The molecule has 0 aliphatic heterocycles. The first-order valence-electron chi connectivity index (χ1n) is 9.14. The Morgan fingerprint density at radius 1 is 1.08 bits per heavy atom. The Morgan fingerprint density at radius 2 is 1.81 bits per heavy atom. The number of carbonyl (C=O) groups excluding carboxylic acids is 2. The summed E-state index contributed by atoms with van der Waals surface area (Å²) < 4.78 is 0. The van der Waals surface area contributed by atoms with Crippen molar-refractivity contribution in [2.24, 2.45) is 0 Å². The lowest BCUT2D eigenvalue weighted by atomic mass is 10.1. The molecule has 0 bridgehead atoms. The first kappa shape index (κ1) is 19.6. The molecule has 0 saturated heterocycles. The molecule has 0 radical (unpaired) electrons. The van der Waals surface area contributed by atoms with E-state index in [-0.39, 0.29) is 11.8 Å². The number of benzene rings is 1. The maximum absolute atomic E-state index is 12.6. The molecule has 5 heteroatoms. The normalized spacial score (nSPS) is 10.4. The van der Waals surface area contributed by atoms with Gasteiger partial charge in [-0.2, -0.15) is 0 Å². The summed E-state index contributed by atoms with van der Waals surface area (Å²) in [6.07, 6.45) is 3.30. The van der Waals surface area contributed by atoms with E-state index in [0.717, 1.165) is 24.0 Å². The minimum absolute atomic E-state index is 0.123. The van der Waals surface area contributed by atoms with Crippen LogP contribution in [0.5, 0.6) is 0 Å². The Labute approximate surface area is 155 Å². The molecule has 2 aromatic rings. The van der Waals surface area contributed by atoms with E-state index in [1.165, 1.54) is 6.20 Å². The van der Waals surface area contributed by atoms with Crippen molar-refractivity contribution in [1.29, 1.82) is 0 Å². The number of amides is 2. The van der Waals surface area contributed by atoms with E-state index in [4.69, 9.17) is 0 Å². The topological polar surface area (TPSA) is 62.3 Å². The van der Waals surface area contributed by atoms with Crippen molar-refractivity contribution in [3.8, 4) is 0 Å². The fraction of sp³-hybridized carbons (Fsp3) is 0.381. The summed E-state index contributed by atoms with van der Waals surface area (Å²) in [5.74, 6) is -0.331. The molecular formula is C21H27N3O2. The maximum atomic E-state index is 12.6. The summed E-state index contributed by atoms with van der Waals surface area (Å²) >= 11 is 0. The van der Waals surface area contributed by atoms with Gasteiger partial charge in [0.15, 0.2) is 0 Å². The summed E-state index contributed by atoms with van der Waals surface area (Å²) in [5, 5.41) is 2.90. The van der Waals surface area contributed by atoms with Gasteiger partial charge in [0, 0.05) is 31.4 Å². The molecule has 1 heterocycles. The van der Waals surface area contributed by atoms with Crippen molar-refractivity contribution in [1.82, 2.24) is 15.2 Å². The third-order valence-electron chi connectivity index (χ3n) is 4.05. The SMILES string of the molecule is CCCN(CCC)C(=O)c1cc(C(=O)NCc2cccc(C)c2)ccn1. The minimum atomic E-state index is -0.208. The second-order valence-electron chi connectivity index (χ2n) is 6.39. The monoisotopic (exact) mass is 353 g/mol. The highest BCUT2D eigenvalue weighted by Crippen LogP contribution is 2.08. The fourth-order valence-electron chi connectivity index (χ4n) is 2.81. The number of nitrogens with zero attached hydrogens (tertiary/aromatic N) is 2. The molecule has 2 amide bonds. The van der Waals surface area contributed by atoms with Crippen LogP contribution in [0.1, 0.15) is 58.7 Å². The molecule has 1 N–H and O–H groups in total. The van der Waals surface area contributed by atoms with E-state index in [1.807, 2.05) is 45.0 Å². The van der Waals surface area contributed by atoms with Crippen molar-refractivity contribution < 1.29 is 9.59 Å². The van der Waals surface area contributed by atoms with Crippen molar-refractivity contribution in [3.05, 3.63) is 65.0 Å². The lowest BCUT2D eigenvalue weighted by Gasteiger charge is -2.21. The zero-order valence-corrected chi connectivity index (χ0v) is 15.8. The lowest BCUT2D eigenvalue weighted by molar-refractivity contribution is 0.0749. The van der Waals surface area contributed by atoms with Crippen LogP contribution in [0.2, 0.25) is 0 Å². The van der Waals surface area contributed by atoms with Crippen molar-refractivity contribution in [3.63, 3.8) is 0 Å². The molecule has 5 nitrogen and oxygen atoms in total. The van der Waals surface area contributed by atoms with Gasteiger partial charge in [-0.15, -0.1) is 0 Å². The van der Waals surface area contributed by atoms with Crippen LogP contribution in [0.4, 0.5) is 0 Å². The van der Waals surface area contributed by atoms with Crippen LogP contribution >= 0.6 is 0 Å². The summed E-state index contributed by atoms with van der Waals surface area (Å²) in [7, 11) is 0. The zero-order chi connectivity index (χ0) is 18.9. The quantitative estimate of drug-likeness (QED) is 0.789. The van der Waals surface area contributed by atoms with Gasteiger partial charge < -0.3 is 10.2 Å². The molecule has 1 aromatic carbocycles. The number of nitrogens with one attached hydrogen (secondary N) is 1. The summed E-state index contributed by atoms with van der Waals surface area (Å²) in [6.45, 7) is 7.93. The van der Waals surface area contributed by atoms with E-state index in [2.05, 4.69) is 10.3 Å². The Kier molecular flexibility index (Phi) is 7.33. The Morgan fingerprint density at radius 3 is 2.46 bits per heavy atom. The number of hydrogen-bond acceptors (Lipinski definition) is 3. The molecule has 0 saturated carbocycles. The first-order valence-corrected chi connectivity index (χ1v) is 9.14. The van der Waals surface area contributed by atoms with E-state index in [1.54, 1.807) is 17.0 Å². The number of hydrogen-bond donors (Lipinski definition) is 1. The minimum Gasteiger partial charge on any atom is -0.348 e. The van der Waals surface area contributed by atoms with Crippen LogP contribution < -0.4 is 5.32 Å². The Hall–Kier alpha value is -2.69. The van der Waals surface area contributed by atoms with Gasteiger partial charge in [-0.3, -0.25) is 14.6 Å². The van der Waals surface area contributed by atoms with Crippen LogP contribution in [0.15, 0.2) is 42.6 Å². The van der Waals surface area contributed by atoms with E-state index in [0.29, 0.717) is 30.9 Å². The third-order valence-corrected chi connectivity index (χ3v) is 4.05. The third kappa shape index (κ3) is 5.41. The highest BCUT2D eigenvalue weighted by atomic mass is 16.2. The predicted molar refractivity (Wildman–Crippen MR) is 103 cm³/mol. The Bertz CT molecular complexity index is 752. The van der Waals surface area contributed by atoms with Gasteiger partial charge in [0.1, 0.15) is 5.69 Å². The molecule has 2 rings (SSSR count). The lowest BCUT2D eigenvalue weighted by Crippen LogP contribution is -2.33. The summed E-state index contributed by atoms with van der Waals surface area (Å²) in [6, 6.07) is 11.2. The van der Waals surface area contributed by atoms with Gasteiger partial charge in [0.05, 0.1) is 0 Å². The van der Waals surface area contributed by atoms with Gasteiger partial charge in [-0.1, -0.05) is 43.7 Å². The van der Waals surface area contributed by atoms with Crippen molar-refractivity contribution in [2.45, 2.75) is 40.2 Å². The van der Waals surface area contributed by atoms with Gasteiger partial charge in [-0.25, -0.2) is 0 Å². The molecule has 0 atom stereocenters. The standard InChI is InChI=1S/C21H27N3O2/c1-4-11-24(12-5-2)21(26)19-14-18(9-10-22-19)20(25)23-15-17-8-6-7-16(3)13-17/h6-10,13-14H,4-5,11-12,15H2,1-3H3,(H,23,25). The molecule has 0 aliphatic carbocycles. The smallest absolute Gasteiger partial charge is 0.272 e. The van der Waals surface area contributed by atoms with Crippen LogP contribution in [0.3, 0.4) is 0 Å². The van der Waals surface area contributed by atoms with Crippen LogP contribution in [0, 0.1) is 6.92 Å². The second kappa shape index (κ2) is 9.70. The molecule has 0 unspecified atom stereocenters. The number of pyridine rings is 1. The first-order chi connectivity index (χ1) is 12.5. The van der Waals surface area contributed by atoms with Gasteiger partial charge in [0.2, 0.25) is 0 Å². The van der Waals surface area contributed by atoms with Crippen LogP contribution in [0.25, 0.3) is 0 Å².